The van der Waals surface area contributed by atoms with Crippen LogP contribution in [-0.4, -0.2) is 43.6 Å². The number of benzene rings is 1. The van der Waals surface area contributed by atoms with Gasteiger partial charge in [0.25, 0.3) is 0 Å². The number of amides is 1. The van der Waals surface area contributed by atoms with E-state index < -0.39 is 0 Å². The molecule has 3 heterocycles. The third kappa shape index (κ3) is 3.79. The van der Waals surface area contributed by atoms with Gasteiger partial charge in [0.2, 0.25) is 5.91 Å². The van der Waals surface area contributed by atoms with E-state index in [9.17, 15) is 4.79 Å². The van der Waals surface area contributed by atoms with Gasteiger partial charge in [-0.25, -0.2) is 0 Å². The lowest BCUT2D eigenvalue weighted by molar-refractivity contribution is -0.142. The molecule has 0 saturated carbocycles. The van der Waals surface area contributed by atoms with Crippen LogP contribution in [0.1, 0.15) is 30.2 Å². The van der Waals surface area contributed by atoms with Gasteiger partial charge >= 0.3 is 0 Å². The van der Waals surface area contributed by atoms with Crippen LogP contribution in [0.2, 0.25) is 0 Å². The second kappa shape index (κ2) is 8.31. The molecule has 0 bridgehead atoms. The second-order valence-corrected chi connectivity index (χ2v) is 8.38. The Balaban J connectivity index is 0.00000210. The van der Waals surface area contributed by atoms with E-state index in [0.29, 0.717) is 0 Å². The van der Waals surface area contributed by atoms with E-state index in [1.807, 2.05) is 30.2 Å². The third-order valence-electron chi connectivity index (χ3n) is 5.75. The van der Waals surface area contributed by atoms with Crippen molar-refractivity contribution in [3.63, 3.8) is 0 Å². The summed E-state index contributed by atoms with van der Waals surface area (Å²) in [5.74, 6) is 0.189. The van der Waals surface area contributed by atoms with Gasteiger partial charge in [-0.15, -0.1) is 23.7 Å². The Kier molecular flexibility index (Phi) is 6.26. The molecule has 146 valence electrons. The number of nitrogens with zero attached hydrogens (tertiary/aromatic N) is 1. The maximum Gasteiger partial charge on any atom is 0.239 e. The second-order valence-electron chi connectivity index (χ2n) is 7.24. The molecule has 1 atom stereocenters. The molecule has 4 nitrogen and oxygen atoms in total. The number of ether oxygens (including phenoxy) is 1. The van der Waals surface area contributed by atoms with Gasteiger partial charge in [0.15, 0.2) is 0 Å². The smallest absolute Gasteiger partial charge is 0.239 e. The average molecular weight is 407 g/mol. The van der Waals surface area contributed by atoms with Crippen LogP contribution >= 0.6 is 23.7 Å². The van der Waals surface area contributed by atoms with Gasteiger partial charge in [0.05, 0.1) is 18.2 Å². The van der Waals surface area contributed by atoms with Crippen molar-refractivity contribution in [2.24, 2.45) is 0 Å². The van der Waals surface area contributed by atoms with Crippen molar-refractivity contribution >= 4 is 29.7 Å². The van der Waals surface area contributed by atoms with Crippen LogP contribution in [0.3, 0.4) is 0 Å². The molecule has 1 spiro atoms. The Labute approximate surface area is 171 Å². The van der Waals surface area contributed by atoms with Gasteiger partial charge < -0.3 is 15.0 Å². The minimum Gasteiger partial charge on any atom is -0.370 e. The van der Waals surface area contributed by atoms with E-state index in [1.54, 1.807) is 0 Å². The number of carbonyl (C=O) groups excluding carboxylic acids is 1. The maximum atomic E-state index is 12.5. The van der Waals surface area contributed by atoms with Crippen molar-refractivity contribution in [3.05, 3.63) is 46.8 Å². The molecule has 2 aliphatic rings. The highest BCUT2D eigenvalue weighted by atomic mass is 35.5. The molecule has 2 aromatic rings. The van der Waals surface area contributed by atoms with E-state index in [4.69, 9.17) is 4.74 Å². The van der Waals surface area contributed by atoms with Crippen molar-refractivity contribution in [3.8, 4) is 10.4 Å². The molecule has 0 unspecified atom stereocenters. The number of hydrogen-bond acceptors (Lipinski definition) is 4. The minimum atomic E-state index is -0.212. The first kappa shape index (κ1) is 20.3. The predicted molar refractivity (Wildman–Crippen MR) is 113 cm³/mol. The fraction of sp³-hybridized carbons (Fsp3) is 0.476. The van der Waals surface area contributed by atoms with Crippen molar-refractivity contribution in [2.45, 2.75) is 37.8 Å². The lowest BCUT2D eigenvalue weighted by atomic mass is 9.82. The lowest BCUT2D eigenvalue weighted by Gasteiger charge is -2.44. The molecule has 6 heteroatoms. The number of hydrogen-bond donors (Lipinski definition) is 1. The third-order valence-corrected chi connectivity index (χ3v) is 7.00. The zero-order valence-corrected chi connectivity index (χ0v) is 17.5. The van der Waals surface area contributed by atoms with Crippen LogP contribution in [0, 0.1) is 0 Å². The summed E-state index contributed by atoms with van der Waals surface area (Å²) in [6.45, 7) is 4.23. The normalized spacial score (nSPS) is 19.3. The number of likely N-dealkylation sites (N-methyl/N-ethyl adjacent to an activating group) is 1. The van der Waals surface area contributed by atoms with E-state index >= 15 is 0 Å². The molecule has 0 radical (unpaired) electrons. The minimum absolute atomic E-state index is 0. The Bertz CT molecular complexity index is 785. The summed E-state index contributed by atoms with van der Waals surface area (Å²) in [6.07, 6.45) is 2.76. The Morgan fingerprint density at radius 1 is 1.26 bits per heavy atom. The summed E-state index contributed by atoms with van der Waals surface area (Å²) in [6, 6.07) is 12.8. The molecule has 1 N–H and O–H groups in total. The number of rotatable bonds is 3. The first-order chi connectivity index (χ1) is 12.6. The van der Waals surface area contributed by atoms with Crippen molar-refractivity contribution < 1.29 is 9.53 Å². The highest BCUT2D eigenvalue weighted by molar-refractivity contribution is 7.15. The summed E-state index contributed by atoms with van der Waals surface area (Å²) in [5, 5.41) is 3.05. The average Bonchev–Trinajstić information content (AvgIpc) is 3.14. The summed E-state index contributed by atoms with van der Waals surface area (Å²) in [4.78, 5) is 17.2. The van der Waals surface area contributed by atoms with Crippen LogP contribution in [0.4, 0.5) is 0 Å². The number of piperidine rings is 1. The molecule has 1 amide bonds. The van der Waals surface area contributed by atoms with Gasteiger partial charge in [-0.3, -0.25) is 4.79 Å². The molecule has 1 aromatic carbocycles. The van der Waals surface area contributed by atoms with Gasteiger partial charge in [0, 0.05) is 29.3 Å². The summed E-state index contributed by atoms with van der Waals surface area (Å²) in [5.41, 5.74) is 2.43. The first-order valence-electron chi connectivity index (χ1n) is 9.41. The zero-order chi connectivity index (χ0) is 18.1. The number of likely N-dealkylation sites (tertiary alicyclic amines) is 1. The monoisotopic (exact) mass is 406 g/mol. The number of fused-ring (bicyclic) bond motifs is 2. The predicted octanol–water partition coefficient (Wildman–Crippen LogP) is 3.84. The van der Waals surface area contributed by atoms with Crippen LogP contribution < -0.4 is 5.32 Å². The molecule has 4 rings (SSSR count). The maximum absolute atomic E-state index is 12.5. The standard InChI is InChI=1S/C21H26N2O2S.ClH/c1-15(22-2)20(24)23-11-9-21(10-12-23)17-14-19(16-6-4-3-5-7-16)26-18(17)8-13-25-21;/h3-7,14-15,22H,8-13H2,1-2H3;1H/t15-;/m0./s1. The van der Waals surface area contributed by atoms with E-state index in [-0.39, 0.29) is 30.0 Å². The largest absolute Gasteiger partial charge is 0.370 e. The van der Waals surface area contributed by atoms with E-state index in [0.717, 1.165) is 39.0 Å². The Morgan fingerprint density at radius 2 is 1.96 bits per heavy atom. The number of thiophene rings is 1. The van der Waals surface area contributed by atoms with Gasteiger partial charge in [-0.2, -0.15) is 0 Å². The van der Waals surface area contributed by atoms with Crippen LogP contribution in [-0.2, 0) is 21.6 Å². The molecule has 1 fully saturated rings. The van der Waals surface area contributed by atoms with Crippen LogP contribution in [0.5, 0.6) is 0 Å². The summed E-state index contributed by atoms with van der Waals surface area (Å²) in [7, 11) is 1.83. The topological polar surface area (TPSA) is 41.6 Å². The molecule has 0 aliphatic carbocycles. The molecule has 27 heavy (non-hydrogen) atoms. The highest BCUT2D eigenvalue weighted by Crippen LogP contribution is 2.46. The molecule has 1 aromatic heterocycles. The van der Waals surface area contributed by atoms with Crippen molar-refractivity contribution in [1.82, 2.24) is 10.2 Å². The van der Waals surface area contributed by atoms with Gasteiger partial charge in [-0.05, 0) is 44.0 Å². The summed E-state index contributed by atoms with van der Waals surface area (Å²) >= 11 is 1.90. The van der Waals surface area contributed by atoms with E-state index in [2.05, 4.69) is 41.7 Å². The van der Waals surface area contributed by atoms with Crippen LogP contribution in [0.15, 0.2) is 36.4 Å². The molecular weight excluding hydrogens is 380 g/mol. The number of halogens is 1. The van der Waals surface area contributed by atoms with Crippen molar-refractivity contribution in [1.29, 1.82) is 0 Å². The Morgan fingerprint density at radius 3 is 2.63 bits per heavy atom. The quantitative estimate of drug-likeness (QED) is 0.842. The SMILES string of the molecule is CN[C@@H](C)C(=O)N1CCC2(CC1)OCCc1sc(-c3ccccc3)cc12.Cl. The first-order valence-corrected chi connectivity index (χ1v) is 10.2. The molecule has 1 saturated heterocycles. The fourth-order valence-electron chi connectivity index (χ4n) is 4.06. The molecule has 2 aliphatic heterocycles. The van der Waals surface area contributed by atoms with E-state index in [1.165, 1.54) is 20.9 Å². The highest BCUT2D eigenvalue weighted by Gasteiger charge is 2.43. The van der Waals surface area contributed by atoms with Gasteiger partial charge in [-0.1, -0.05) is 30.3 Å². The van der Waals surface area contributed by atoms with Crippen molar-refractivity contribution in [2.75, 3.05) is 26.7 Å². The zero-order valence-electron chi connectivity index (χ0n) is 15.9. The Hall–Kier alpha value is -1.40. The van der Waals surface area contributed by atoms with Gasteiger partial charge in [0.1, 0.15) is 0 Å². The fourth-order valence-corrected chi connectivity index (χ4v) is 5.30. The van der Waals surface area contributed by atoms with Crippen LogP contribution in [0.25, 0.3) is 10.4 Å². The number of carbonyl (C=O) groups is 1. The molecular formula is C21H27ClN2O2S. The lowest BCUT2D eigenvalue weighted by Crippen LogP contribution is -2.51. The summed E-state index contributed by atoms with van der Waals surface area (Å²) < 4.78 is 6.35. The number of nitrogens with one attached hydrogen (secondary N) is 1.